The van der Waals surface area contributed by atoms with Gasteiger partial charge in [-0.2, -0.15) is 5.10 Å². The number of thiophene rings is 1. The molecule has 0 aliphatic heterocycles. The molecule has 0 radical (unpaired) electrons. The van der Waals surface area contributed by atoms with E-state index in [-0.39, 0.29) is 5.56 Å². The maximum Gasteiger partial charge on any atom is 0.274 e. The molecule has 0 saturated heterocycles. The van der Waals surface area contributed by atoms with Crippen molar-refractivity contribution in [3.63, 3.8) is 0 Å². The van der Waals surface area contributed by atoms with Crippen LogP contribution in [0.15, 0.2) is 83.1 Å². The lowest BCUT2D eigenvalue weighted by molar-refractivity contribution is 0.885. The Morgan fingerprint density at radius 2 is 1.76 bits per heavy atom. The molecular weight excluding hydrogens is 380 g/mol. The number of rotatable bonds is 4. The second-order valence-corrected chi connectivity index (χ2v) is 7.44. The number of hydrogen-bond donors (Lipinski definition) is 1. The minimum atomic E-state index is -0.215. The normalized spacial score (nSPS) is 11.4. The number of aromatic amines is 1. The van der Waals surface area contributed by atoms with Gasteiger partial charge >= 0.3 is 0 Å². The van der Waals surface area contributed by atoms with Crippen molar-refractivity contribution in [2.45, 2.75) is 0 Å². The third kappa shape index (κ3) is 3.41. The van der Waals surface area contributed by atoms with Gasteiger partial charge in [0.05, 0.1) is 21.6 Å². The van der Waals surface area contributed by atoms with Gasteiger partial charge in [-0.05, 0) is 47.9 Å². The van der Waals surface area contributed by atoms with E-state index in [0.717, 1.165) is 32.9 Å². The Labute approximate surface area is 170 Å². The Bertz CT molecular complexity index is 1370. The van der Waals surface area contributed by atoms with Crippen LogP contribution in [0.2, 0.25) is 0 Å². The zero-order chi connectivity index (χ0) is 19.6. The number of hydrogen-bond acceptors (Lipinski definition) is 4. The maximum atomic E-state index is 12.4. The predicted molar refractivity (Wildman–Crippen MR) is 118 cm³/mol. The Balaban J connectivity index is 1.59. The molecule has 0 aliphatic rings. The summed E-state index contributed by atoms with van der Waals surface area (Å²) < 4.78 is 1.85. The molecule has 3 heterocycles. The number of H-pyrrole nitrogens is 1. The van der Waals surface area contributed by atoms with Gasteiger partial charge in [0.1, 0.15) is 11.4 Å². The van der Waals surface area contributed by atoms with Crippen molar-refractivity contribution < 1.29 is 0 Å². The molecular formula is C23H16N4OS. The highest BCUT2D eigenvalue weighted by molar-refractivity contribution is 7.13. The summed E-state index contributed by atoms with van der Waals surface area (Å²) in [5.41, 5.74) is 4.41. The van der Waals surface area contributed by atoms with Crippen LogP contribution in [0.25, 0.3) is 39.4 Å². The number of fused-ring (bicyclic) bond motifs is 1. The average Bonchev–Trinajstić information content (AvgIpc) is 3.43. The summed E-state index contributed by atoms with van der Waals surface area (Å²) in [6.45, 7) is 0. The molecule has 0 amide bonds. The topological polar surface area (TPSA) is 63.6 Å². The number of nitrogens with one attached hydrogen (secondary N) is 1. The highest BCUT2D eigenvalue weighted by atomic mass is 32.1. The maximum absolute atomic E-state index is 12.4. The standard InChI is InChI=1S/C23H16N4OS/c28-23-20(24-18-9-4-5-10-19(18)25-23)13-12-16-15-27(17-7-2-1-3-8-17)26-22(16)21-11-6-14-29-21/h1-15H,(H,25,28)/b13-12+. The lowest BCUT2D eigenvalue weighted by Gasteiger charge is -1.99. The van der Waals surface area contributed by atoms with Gasteiger partial charge in [0.15, 0.2) is 0 Å². The molecule has 0 saturated carbocycles. The van der Waals surface area contributed by atoms with E-state index < -0.39 is 0 Å². The van der Waals surface area contributed by atoms with Crippen LogP contribution in [-0.4, -0.2) is 19.7 Å². The first kappa shape index (κ1) is 17.3. The lowest BCUT2D eigenvalue weighted by atomic mass is 10.2. The Morgan fingerprint density at radius 3 is 2.59 bits per heavy atom. The summed E-state index contributed by atoms with van der Waals surface area (Å²) in [4.78, 5) is 20.8. The number of nitrogens with zero attached hydrogens (tertiary/aromatic N) is 3. The van der Waals surface area contributed by atoms with E-state index in [9.17, 15) is 4.79 Å². The van der Waals surface area contributed by atoms with Crippen LogP contribution < -0.4 is 5.56 Å². The van der Waals surface area contributed by atoms with E-state index in [4.69, 9.17) is 5.10 Å². The van der Waals surface area contributed by atoms with Crippen molar-refractivity contribution in [2.24, 2.45) is 0 Å². The summed E-state index contributed by atoms with van der Waals surface area (Å²) in [7, 11) is 0. The van der Waals surface area contributed by atoms with Crippen LogP contribution in [0.3, 0.4) is 0 Å². The molecule has 0 spiro atoms. The van der Waals surface area contributed by atoms with E-state index in [0.29, 0.717) is 5.69 Å². The van der Waals surface area contributed by atoms with E-state index >= 15 is 0 Å². The van der Waals surface area contributed by atoms with Crippen molar-refractivity contribution in [2.75, 3.05) is 0 Å². The smallest absolute Gasteiger partial charge is 0.274 e. The summed E-state index contributed by atoms with van der Waals surface area (Å²) in [5.74, 6) is 0. The van der Waals surface area contributed by atoms with Gasteiger partial charge in [-0.3, -0.25) is 4.79 Å². The molecule has 0 fully saturated rings. The van der Waals surface area contributed by atoms with Crippen LogP contribution >= 0.6 is 11.3 Å². The summed E-state index contributed by atoms with van der Waals surface area (Å²) in [6.07, 6.45) is 5.61. The fourth-order valence-corrected chi connectivity index (χ4v) is 3.88. The van der Waals surface area contributed by atoms with Crippen LogP contribution in [0.1, 0.15) is 11.3 Å². The monoisotopic (exact) mass is 396 g/mol. The van der Waals surface area contributed by atoms with Gasteiger partial charge in [-0.1, -0.05) is 36.4 Å². The molecule has 2 aromatic carbocycles. The van der Waals surface area contributed by atoms with Gasteiger partial charge in [-0.25, -0.2) is 9.67 Å². The van der Waals surface area contributed by atoms with Gasteiger partial charge in [0, 0.05) is 11.8 Å². The first-order valence-corrected chi connectivity index (χ1v) is 10.0. The van der Waals surface area contributed by atoms with Crippen LogP contribution in [-0.2, 0) is 0 Å². The molecule has 6 heteroatoms. The largest absolute Gasteiger partial charge is 0.319 e. The molecule has 140 valence electrons. The second kappa shape index (κ2) is 7.33. The molecule has 5 aromatic rings. The Hall–Kier alpha value is -3.77. The fraction of sp³-hybridized carbons (Fsp3) is 0. The lowest BCUT2D eigenvalue weighted by Crippen LogP contribution is -2.11. The van der Waals surface area contributed by atoms with Gasteiger partial charge in [0.2, 0.25) is 0 Å². The van der Waals surface area contributed by atoms with Crippen LogP contribution in [0.5, 0.6) is 0 Å². The third-order valence-electron chi connectivity index (χ3n) is 4.56. The molecule has 3 aromatic heterocycles. The van der Waals surface area contributed by atoms with Crippen LogP contribution in [0, 0.1) is 0 Å². The first-order valence-electron chi connectivity index (χ1n) is 9.14. The zero-order valence-electron chi connectivity index (χ0n) is 15.3. The van der Waals surface area contributed by atoms with Crippen molar-refractivity contribution in [1.82, 2.24) is 19.7 Å². The quantitative estimate of drug-likeness (QED) is 0.465. The number of aromatic nitrogens is 4. The second-order valence-electron chi connectivity index (χ2n) is 6.49. The minimum Gasteiger partial charge on any atom is -0.319 e. The molecule has 0 bridgehead atoms. The van der Waals surface area contributed by atoms with E-state index in [1.54, 1.807) is 17.4 Å². The molecule has 5 rings (SSSR count). The molecule has 29 heavy (non-hydrogen) atoms. The van der Waals surface area contributed by atoms with Gasteiger partial charge < -0.3 is 4.98 Å². The van der Waals surface area contributed by atoms with Gasteiger partial charge in [0.25, 0.3) is 5.56 Å². The summed E-state index contributed by atoms with van der Waals surface area (Å²) in [5, 5.41) is 6.80. The molecule has 5 nitrogen and oxygen atoms in total. The first-order chi connectivity index (χ1) is 14.3. The summed E-state index contributed by atoms with van der Waals surface area (Å²) >= 11 is 1.63. The van der Waals surface area contributed by atoms with Crippen LogP contribution in [0.4, 0.5) is 0 Å². The third-order valence-corrected chi connectivity index (χ3v) is 5.44. The highest BCUT2D eigenvalue weighted by Crippen LogP contribution is 2.28. The van der Waals surface area contributed by atoms with Gasteiger partial charge in [-0.15, -0.1) is 11.3 Å². The Kier molecular flexibility index (Phi) is 4.38. The van der Waals surface area contributed by atoms with Crippen molar-refractivity contribution in [1.29, 1.82) is 0 Å². The zero-order valence-corrected chi connectivity index (χ0v) is 16.1. The number of para-hydroxylation sites is 3. The minimum absolute atomic E-state index is 0.215. The SMILES string of the molecule is O=c1[nH]c2ccccc2nc1/C=C/c1cn(-c2ccccc2)nc1-c1cccs1. The Morgan fingerprint density at radius 1 is 0.931 bits per heavy atom. The van der Waals surface area contributed by atoms with E-state index in [1.165, 1.54) is 0 Å². The fourth-order valence-electron chi connectivity index (χ4n) is 3.15. The number of benzene rings is 2. The van der Waals surface area contributed by atoms with E-state index in [2.05, 4.69) is 9.97 Å². The molecule has 0 aliphatic carbocycles. The van der Waals surface area contributed by atoms with Crippen molar-refractivity contribution >= 4 is 34.5 Å². The molecule has 0 unspecified atom stereocenters. The summed E-state index contributed by atoms with van der Waals surface area (Å²) in [6, 6.07) is 21.5. The van der Waals surface area contributed by atoms with E-state index in [1.807, 2.05) is 89.1 Å². The molecule has 1 N–H and O–H groups in total. The predicted octanol–water partition coefficient (Wildman–Crippen LogP) is 5.01. The average molecular weight is 396 g/mol. The molecule has 0 atom stereocenters. The van der Waals surface area contributed by atoms with Crippen molar-refractivity contribution in [3.05, 3.63) is 99.9 Å². The van der Waals surface area contributed by atoms with Crippen molar-refractivity contribution in [3.8, 4) is 16.3 Å². The highest BCUT2D eigenvalue weighted by Gasteiger charge is 2.12.